The van der Waals surface area contributed by atoms with Gasteiger partial charge in [0.2, 0.25) is 0 Å². The number of halogens is 4. The Labute approximate surface area is 292 Å². The van der Waals surface area contributed by atoms with Gasteiger partial charge in [0.1, 0.15) is 23.3 Å². The predicted octanol–water partition coefficient (Wildman–Crippen LogP) is 12.9. The fraction of sp³-hybridized carbons (Fsp3) is 0. The van der Waals surface area contributed by atoms with E-state index >= 15 is 0 Å². The third-order valence-corrected chi connectivity index (χ3v) is 8.86. The molecule has 0 N–H and O–H groups in total. The molecule has 0 atom stereocenters. The molecule has 8 rings (SSSR count). The number of aromatic nitrogens is 1. The fourth-order valence-corrected chi connectivity index (χ4v) is 6.59. The molecule has 0 spiro atoms. The lowest BCUT2D eigenvalue weighted by Gasteiger charge is -2.28. The Balaban J connectivity index is 1.40. The lowest BCUT2D eigenvalue weighted by atomic mass is 9.94. The largest absolute Gasteiger partial charge is 0.310 e. The molecule has 0 aliphatic heterocycles. The first kappa shape index (κ1) is 31.7. The summed E-state index contributed by atoms with van der Waals surface area (Å²) in [5.74, 6) is -2.71. The van der Waals surface area contributed by atoms with Gasteiger partial charge in [-0.15, -0.1) is 0 Å². The van der Waals surface area contributed by atoms with E-state index < -0.39 is 23.3 Å². The van der Waals surface area contributed by atoms with Crippen molar-refractivity contribution in [3.8, 4) is 44.5 Å². The van der Waals surface area contributed by atoms with Crippen molar-refractivity contribution in [1.29, 1.82) is 0 Å². The maximum atomic E-state index is 14.4. The molecule has 7 aromatic carbocycles. The van der Waals surface area contributed by atoms with Crippen LogP contribution >= 0.6 is 0 Å². The molecule has 0 saturated heterocycles. The van der Waals surface area contributed by atoms with Crippen LogP contribution in [0.4, 0.5) is 34.6 Å². The highest BCUT2D eigenvalue weighted by Crippen LogP contribution is 2.44. The summed E-state index contributed by atoms with van der Waals surface area (Å²) in [4.78, 5) is 6.93. The van der Waals surface area contributed by atoms with Crippen LogP contribution in [0.2, 0.25) is 0 Å². The van der Waals surface area contributed by atoms with Crippen molar-refractivity contribution in [1.82, 2.24) is 4.98 Å². The van der Waals surface area contributed by atoms with Gasteiger partial charge in [-0.1, -0.05) is 84.9 Å². The molecule has 0 saturated carbocycles. The summed E-state index contributed by atoms with van der Waals surface area (Å²) in [6, 6.07) is 48.1. The zero-order chi connectivity index (χ0) is 34.9. The van der Waals surface area contributed by atoms with Crippen molar-refractivity contribution in [3.63, 3.8) is 0 Å². The summed E-state index contributed by atoms with van der Waals surface area (Å²) >= 11 is 0. The average molecular weight is 673 g/mol. The van der Waals surface area contributed by atoms with Crippen LogP contribution in [-0.4, -0.2) is 4.98 Å². The molecule has 246 valence electrons. The summed E-state index contributed by atoms with van der Waals surface area (Å²) in [6.07, 6.45) is 1.76. The second kappa shape index (κ2) is 13.4. The predicted molar refractivity (Wildman–Crippen MR) is 198 cm³/mol. The fourth-order valence-electron chi connectivity index (χ4n) is 6.59. The highest BCUT2D eigenvalue weighted by Gasteiger charge is 2.20. The molecule has 0 aliphatic carbocycles. The van der Waals surface area contributed by atoms with Gasteiger partial charge in [-0.3, -0.25) is 4.98 Å². The minimum atomic E-state index is -0.677. The molecular formula is C45H28F4N2. The molecule has 8 aromatic rings. The van der Waals surface area contributed by atoms with Gasteiger partial charge in [-0.25, -0.2) is 17.6 Å². The van der Waals surface area contributed by atoms with E-state index in [0.29, 0.717) is 33.6 Å². The van der Waals surface area contributed by atoms with Crippen LogP contribution in [0.3, 0.4) is 0 Å². The lowest BCUT2D eigenvalue weighted by Crippen LogP contribution is -2.11. The Kier molecular flexibility index (Phi) is 8.34. The Hall–Kier alpha value is -6.53. The lowest BCUT2D eigenvalue weighted by molar-refractivity contribution is 0.583. The van der Waals surface area contributed by atoms with Gasteiger partial charge in [0.25, 0.3) is 0 Å². The summed E-state index contributed by atoms with van der Waals surface area (Å²) in [7, 11) is 0. The topological polar surface area (TPSA) is 16.1 Å². The Morgan fingerprint density at radius 2 is 0.843 bits per heavy atom. The smallest absolute Gasteiger partial charge is 0.126 e. The van der Waals surface area contributed by atoms with E-state index in [1.165, 1.54) is 24.3 Å². The molecule has 2 nitrogen and oxygen atoms in total. The number of rotatable bonds is 7. The van der Waals surface area contributed by atoms with Crippen LogP contribution in [-0.2, 0) is 0 Å². The van der Waals surface area contributed by atoms with Gasteiger partial charge in [-0.05, 0) is 106 Å². The standard InChI is InChI=1S/C45H28F4N2/c46-36-19-33(20-37(47)27-36)31-13-7-15-40(23-31)51(41-16-8-14-32(24-41)34-21-38(48)28-39(49)22-34)44-17-18-50-45-42(30-11-5-2-6-12-30)25-35(26-43(44)45)29-9-3-1-4-10-29/h1-28H. The Bertz CT molecular complexity index is 2400. The normalized spacial score (nSPS) is 11.1. The molecule has 0 unspecified atom stereocenters. The average Bonchev–Trinajstić information content (AvgIpc) is 3.15. The molecule has 51 heavy (non-hydrogen) atoms. The number of hydrogen-bond acceptors (Lipinski definition) is 2. The minimum Gasteiger partial charge on any atom is -0.310 e. The van der Waals surface area contributed by atoms with E-state index in [1.54, 1.807) is 18.3 Å². The zero-order valence-corrected chi connectivity index (χ0v) is 27.1. The highest BCUT2D eigenvalue weighted by atomic mass is 19.1. The Morgan fingerprint density at radius 3 is 1.37 bits per heavy atom. The molecule has 0 fully saturated rings. The van der Waals surface area contributed by atoms with Gasteiger partial charge < -0.3 is 4.90 Å². The van der Waals surface area contributed by atoms with Crippen molar-refractivity contribution in [2.24, 2.45) is 0 Å². The van der Waals surface area contributed by atoms with Crippen LogP contribution in [0.15, 0.2) is 170 Å². The first-order valence-electron chi connectivity index (χ1n) is 16.4. The number of fused-ring (bicyclic) bond motifs is 1. The van der Waals surface area contributed by atoms with E-state index in [9.17, 15) is 17.6 Å². The van der Waals surface area contributed by atoms with Crippen LogP contribution in [0.1, 0.15) is 0 Å². The van der Waals surface area contributed by atoms with Gasteiger partial charge in [0.15, 0.2) is 0 Å². The number of anilines is 3. The first-order chi connectivity index (χ1) is 24.9. The molecule has 0 bridgehead atoms. The molecule has 0 radical (unpaired) electrons. The SMILES string of the molecule is Fc1cc(F)cc(-c2cccc(N(c3cccc(-c4cc(F)cc(F)c4)c3)c3ccnc4c(-c5ccccc5)cc(-c5ccccc5)cc34)c2)c1. The van der Waals surface area contributed by atoms with Crippen molar-refractivity contribution >= 4 is 28.0 Å². The van der Waals surface area contributed by atoms with Crippen molar-refractivity contribution in [2.75, 3.05) is 4.90 Å². The Morgan fingerprint density at radius 1 is 0.373 bits per heavy atom. The second-order valence-corrected chi connectivity index (χ2v) is 12.2. The van der Waals surface area contributed by atoms with Crippen molar-refractivity contribution in [3.05, 3.63) is 193 Å². The monoisotopic (exact) mass is 672 g/mol. The first-order valence-corrected chi connectivity index (χ1v) is 16.4. The summed E-state index contributed by atoms with van der Waals surface area (Å²) < 4.78 is 57.5. The van der Waals surface area contributed by atoms with Crippen LogP contribution in [0.25, 0.3) is 55.4 Å². The molecular weight excluding hydrogens is 645 g/mol. The second-order valence-electron chi connectivity index (χ2n) is 12.2. The van der Waals surface area contributed by atoms with Gasteiger partial charge in [0.05, 0.1) is 11.2 Å². The maximum Gasteiger partial charge on any atom is 0.126 e. The summed E-state index contributed by atoms with van der Waals surface area (Å²) in [5, 5.41) is 0.849. The minimum absolute atomic E-state index is 0.385. The highest BCUT2D eigenvalue weighted by molar-refractivity contribution is 6.06. The van der Waals surface area contributed by atoms with E-state index in [4.69, 9.17) is 4.98 Å². The van der Waals surface area contributed by atoms with E-state index in [2.05, 4.69) is 36.4 Å². The number of benzene rings is 7. The van der Waals surface area contributed by atoms with Crippen LogP contribution in [0.5, 0.6) is 0 Å². The number of pyridine rings is 1. The van der Waals surface area contributed by atoms with E-state index in [0.717, 1.165) is 51.0 Å². The molecule has 0 aliphatic rings. The quantitative estimate of drug-likeness (QED) is 0.157. The van der Waals surface area contributed by atoms with Crippen LogP contribution in [0, 0.1) is 23.3 Å². The van der Waals surface area contributed by atoms with Gasteiger partial charge >= 0.3 is 0 Å². The third kappa shape index (κ3) is 6.47. The van der Waals surface area contributed by atoms with E-state index in [-0.39, 0.29) is 0 Å². The number of hydrogen-bond donors (Lipinski definition) is 0. The van der Waals surface area contributed by atoms with Gasteiger partial charge in [-0.2, -0.15) is 0 Å². The van der Waals surface area contributed by atoms with E-state index in [1.807, 2.05) is 83.8 Å². The van der Waals surface area contributed by atoms with Gasteiger partial charge in [0, 0.05) is 40.7 Å². The van der Waals surface area contributed by atoms with Crippen LogP contribution < -0.4 is 4.90 Å². The molecule has 0 amide bonds. The number of nitrogens with zero attached hydrogens (tertiary/aromatic N) is 2. The summed E-state index contributed by atoms with van der Waals surface area (Å²) in [5.41, 5.74) is 8.88. The maximum absolute atomic E-state index is 14.4. The molecule has 1 aromatic heterocycles. The summed E-state index contributed by atoms with van der Waals surface area (Å²) in [6.45, 7) is 0. The molecule has 6 heteroatoms. The zero-order valence-electron chi connectivity index (χ0n) is 27.1. The molecule has 1 heterocycles. The van der Waals surface area contributed by atoms with Crippen molar-refractivity contribution < 1.29 is 17.6 Å². The van der Waals surface area contributed by atoms with Crippen molar-refractivity contribution in [2.45, 2.75) is 0 Å². The third-order valence-electron chi connectivity index (χ3n) is 8.86.